The van der Waals surface area contributed by atoms with Crippen molar-refractivity contribution in [2.45, 2.75) is 25.8 Å². The van der Waals surface area contributed by atoms with Crippen LogP contribution in [0.5, 0.6) is 11.5 Å². The summed E-state index contributed by atoms with van der Waals surface area (Å²) in [7, 11) is 1.65. The monoisotopic (exact) mass is 285 g/mol. The molecule has 0 amide bonds. The summed E-state index contributed by atoms with van der Waals surface area (Å²) in [5.74, 6) is 2.21. The van der Waals surface area contributed by atoms with Gasteiger partial charge in [0.15, 0.2) is 0 Å². The molecule has 0 heterocycles. The molecule has 0 aromatic heterocycles. The zero-order chi connectivity index (χ0) is 15.2. The van der Waals surface area contributed by atoms with Crippen LogP contribution in [0.3, 0.4) is 0 Å². The van der Waals surface area contributed by atoms with Crippen molar-refractivity contribution in [1.29, 1.82) is 0 Å². The number of methoxy groups -OCH3 is 1. The molecule has 0 bridgehead atoms. The van der Waals surface area contributed by atoms with Crippen LogP contribution in [0.4, 0.5) is 0 Å². The van der Waals surface area contributed by atoms with Gasteiger partial charge >= 0.3 is 0 Å². The van der Waals surface area contributed by atoms with Gasteiger partial charge in [-0.1, -0.05) is 38.1 Å². The fourth-order valence-corrected chi connectivity index (χ4v) is 2.08. The molecule has 2 N–H and O–H groups in total. The first-order chi connectivity index (χ1) is 10.1. The summed E-state index contributed by atoms with van der Waals surface area (Å²) in [6.45, 7) is 4.80. The van der Waals surface area contributed by atoms with Crippen molar-refractivity contribution in [1.82, 2.24) is 0 Å². The van der Waals surface area contributed by atoms with Gasteiger partial charge in [0.05, 0.1) is 13.2 Å². The lowest BCUT2D eigenvalue weighted by Crippen LogP contribution is -2.18. The van der Waals surface area contributed by atoms with Crippen LogP contribution in [0.15, 0.2) is 48.5 Å². The predicted octanol–water partition coefficient (Wildman–Crippen LogP) is 3.90. The van der Waals surface area contributed by atoms with Gasteiger partial charge in [0, 0.05) is 0 Å². The first kappa shape index (κ1) is 15.4. The van der Waals surface area contributed by atoms with E-state index >= 15 is 0 Å². The van der Waals surface area contributed by atoms with Crippen molar-refractivity contribution in [2.24, 2.45) is 5.73 Å². The van der Waals surface area contributed by atoms with Crippen LogP contribution in [0, 0.1) is 0 Å². The standard InChI is InChI=1S/C18H23NO2/c1-13(2)14-4-10-17(11-5-14)21-12-18(19)15-6-8-16(20-3)9-7-15/h4-11,13,18H,12,19H2,1-3H3. The highest BCUT2D eigenvalue weighted by Gasteiger charge is 2.07. The Hall–Kier alpha value is -2.00. The van der Waals surface area contributed by atoms with E-state index < -0.39 is 0 Å². The minimum atomic E-state index is -0.152. The molecule has 112 valence electrons. The lowest BCUT2D eigenvalue weighted by atomic mass is 10.0. The maximum atomic E-state index is 6.15. The van der Waals surface area contributed by atoms with Crippen LogP contribution >= 0.6 is 0 Å². The molecule has 3 nitrogen and oxygen atoms in total. The van der Waals surface area contributed by atoms with E-state index in [9.17, 15) is 0 Å². The van der Waals surface area contributed by atoms with Gasteiger partial charge in [-0.25, -0.2) is 0 Å². The quantitative estimate of drug-likeness (QED) is 0.875. The molecular weight excluding hydrogens is 262 g/mol. The molecule has 0 radical (unpaired) electrons. The summed E-state index contributed by atoms with van der Waals surface area (Å²) in [5, 5.41) is 0. The average molecular weight is 285 g/mol. The Bertz CT molecular complexity index is 546. The van der Waals surface area contributed by atoms with E-state index in [-0.39, 0.29) is 6.04 Å². The maximum Gasteiger partial charge on any atom is 0.119 e. The fourth-order valence-electron chi connectivity index (χ4n) is 2.08. The molecule has 2 rings (SSSR count). The fraction of sp³-hybridized carbons (Fsp3) is 0.333. The third-order valence-electron chi connectivity index (χ3n) is 3.52. The topological polar surface area (TPSA) is 44.5 Å². The van der Waals surface area contributed by atoms with Crippen LogP contribution < -0.4 is 15.2 Å². The second kappa shape index (κ2) is 7.14. The molecule has 0 spiro atoms. The van der Waals surface area contributed by atoms with Crippen molar-refractivity contribution < 1.29 is 9.47 Å². The molecule has 0 aliphatic carbocycles. The number of hydrogen-bond donors (Lipinski definition) is 1. The second-order valence-corrected chi connectivity index (χ2v) is 5.41. The predicted molar refractivity (Wildman–Crippen MR) is 85.9 cm³/mol. The second-order valence-electron chi connectivity index (χ2n) is 5.41. The zero-order valence-electron chi connectivity index (χ0n) is 12.9. The summed E-state index contributed by atoms with van der Waals surface area (Å²) in [6.07, 6.45) is 0. The molecule has 0 aliphatic rings. The molecule has 0 aliphatic heterocycles. The highest BCUT2D eigenvalue weighted by Crippen LogP contribution is 2.20. The Labute approximate surface area is 126 Å². The lowest BCUT2D eigenvalue weighted by Gasteiger charge is -2.14. The molecule has 0 fully saturated rings. The number of rotatable bonds is 6. The first-order valence-electron chi connectivity index (χ1n) is 7.22. The van der Waals surface area contributed by atoms with Crippen molar-refractivity contribution in [3.63, 3.8) is 0 Å². The minimum Gasteiger partial charge on any atom is -0.497 e. The van der Waals surface area contributed by atoms with Crippen LogP contribution in [-0.2, 0) is 0 Å². The van der Waals surface area contributed by atoms with Gasteiger partial charge in [-0.2, -0.15) is 0 Å². The Morgan fingerprint density at radius 2 is 1.38 bits per heavy atom. The summed E-state index contributed by atoms with van der Waals surface area (Å²) >= 11 is 0. The Morgan fingerprint density at radius 3 is 1.90 bits per heavy atom. The number of benzene rings is 2. The van der Waals surface area contributed by atoms with E-state index in [1.165, 1.54) is 5.56 Å². The minimum absolute atomic E-state index is 0.152. The van der Waals surface area contributed by atoms with Gasteiger partial charge in [-0.15, -0.1) is 0 Å². The SMILES string of the molecule is COc1ccc(C(N)COc2ccc(C(C)C)cc2)cc1. The summed E-state index contributed by atoms with van der Waals surface area (Å²) in [6, 6.07) is 15.8. The highest BCUT2D eigenvalue weighted by molar-refractivity contribution is 5.30. The van der Waals surface area contributed by atoms with Gasteiger partial charge in [0.25, 0.3) is 0 Å². The van der Waals surface area contributed by atoms with Gasteiger partial charge < -0.3 is 15.2 Å². The van der Waals surface area contributed by atoms with E-state index in [0.29, 0.717) is 12.5 Å². The van der Waals surface area contributed by atoms with E-state index in [4.69, 9.17) is 15.2 Å². The van der Waals surface area contributed by atoms with Crippen molar-refractivity contribution in [3.05, 3.63) is 59.7 Å². The smallest absolute Gasteiger partial charge is 0.119 e. The van der Waals surface area contributed by atoms with Gasteiger partial charge in [0.1, 0.15) is 18.1 Å². The van der Waals surface area contributed by atoms with Crippen LogP contribution in [0.1, 0.15) is 36.9 Å². The van der Waals surface area contributed by atoms with E-state index in [0.717, 1.165) is 17.1 Å². The molecular formula is C18H23NO2. The average Bonchev–Trinajstić information content (AvgIpc) is 2.53. The summed E-state index contributed by atoms with van der Waals surface area (Å²) in [4.78, 5) is 0. The van der Waals surface area contributed by atoms with Crippen molar-refractivity contribution in [2.75, 3.05) is 13.7 Å². The van der Waals surface area contributed by atoms with Gasteiger partial charge in [-0.05, 0) is 41.3 Å². The van der Waals surface area contributed by atoms with E-state index in [2.05, 4.69) is 26.0 Å². The third kappa shape index (κ3) is 4.23. The van der Waals surface area contributed by atoms with Gasteiger partial charge in [-0.3, -0.25) is 0 Å². The van der Waals surface area contributed by atoms with Crippen LogP contribution in [0.25, 0.3) is 0 Å². The highest BCUT2D eigenvalue weighted by atomic mass is 16.5. The third-order valence-corrected chi connectivity index (χ3v) is 3.52. The number of hydrogen-bond acceptors (Lipinski definition) is 3. The number of nitrogens with two attached hydrogens (primary N) is 1. The van der Waals surface area contributed by atoms with Crippen molar-refractivity contribution in [3.8, 4) is 11.5 Å². The molecule has 0 saturated carbocycles. The lowest BCUT2D eigenvalue weighted by molar-refractivity contribution is 0.290. The van der Waals surface area contributed by atoms with Crippen LogP contribution in [0.2, 0.25) is 0 Å². The number of ether oxygens (including phenoxy) is 2. The molecule has 21 heavy (non-hydrogen) atoms. The maximum absolute atomic E-state index is 6.15. The van der Waals surface area contributed by atoms with Gasteiger partial charge in [0.2, 0.25) is 0 Å². The normalized spacial score (nSPS) is 12.2. The Kier molecular flexibility index (Phi) is 5.23. The van der Waals surface area contributed by atoms with Crippen LogP contribution in [-0.4, -0.2) is 13.7 Å². The van der Waals surface area contributed by atoms with E-state index in [1.807, 2.05) is 36.4 Å². The molecule has 1 atom stereocenters. The Balaban J connectivity index is 1.92. The summed E-state index contributed by atoms with van der Waals surface area (Å²) < 4.78 is 10.9. The largest absolute Gasteiger partial charge is 0.497 e. The molecule has 1 unspecified atom stereocenters. The first-order valence-corrected chi connectivity index (χ1v) is 7.22. The summed E-state index contributed by atoms with van der Waals surface area (Å²) in [5.41, 5.74) is 8.49. The molecule has 2 aromatic carbocycles. The van der Waals surface area contributed by atoms with E-state index in [1.54, 1.807) is 7.11 Å². The molecule has 0 saturated heterocycles. The Morgan fingerprint density at radius 1 is 0.857 bits per heavy atom. The van der Waals surface area contributed by atoms with Crippen molar-refractivity contribution >= 4 is 0 Å². The zero-order valence-corrected chi connectivity index (χ0v) is 12.9. The molecule has 2 aromatic rings. The molecule has 3 heteroatoms.